The highest BCUT2D eigenvalue weighted by molar-refractivity contribution is 9.10. The van der Waals surface area contributed by atoms with Crippen molar-refractivity contribution in [1.29, 1.82) is 0 Å². The summed E-state index contributed by atoms with van der Waals surface area (Å²) in [5.74, 6) is -1.12. The standard InChI is InChI=1S/C9H5BrClN3O2/c10-8-5(7(9(15)16)13-14-8)6-4(11)2-1-3-12-6/h1-3H,(H,13,14)(H,15,16). The lowest BCUT2D eigenvalue weighted by Gasteiger charge is -2.01. The predicted molar refractivity (Wildman–Crippen MR) is 61.5 cm³/mol. The summed E-state index contributed by atoms with van der Waals surface area (Å²) in [6.45, 7) is 0. The van der Waals surface area contributed by atoms with Crippen molar-refractivity contribution < 1.29 is 9.90 Å². The van der Waals surface area contributed by atoms with Gasteiger partial charge < -0.3 is 5.11 Å². The van der Waals surface area contributed by atoms with Crippen LogP contribution in [0.25, 0.3) is 11.3 Å². The molecule has 0 amide bonds. The lowest BCUT2D eigenvalue weighted by Crippen LogP contribution is -2.00. The van der Waals surface area contributed by atoms with Gasteiger partial charge in [0.2, 0.25) is 0 Å². The first-order chi connectivity index (χ1) is 7.61. The molecule has 0 atom stereocenters. The lowest BCUT2D eigenvalue weighted by molar-refractivity contribution is 0.0691. The average Bonchev–Trinajstić information content (AvgIpc) is 2.61. The Balaban J connectivity index is 2.68. The van der Waals surface area contributed by atoms with Gasteiger partial charge in [-0.05, 0) is 28.1 Å². The first-order valence-electron chi connectivity index (χ1n) is 4.19. The summed E-state index contributed by atoms with van der Waals surface area (Å²) in [6.07, 6.45) is 1.53. The molecule has 2 rings (SSSR count). The number of carbonyl (C=O) groups is 1. The molecule has 82 valence electrons. The predicted octanol–water partition coefficient (Wildman–Crippen LogP) is 2.59. The van der Waals surface area contributed by atoms with E-state index >= 15 is 0 Å². The number of carboxylic acid groups (broad SMARTS) is 1. The first-order valence-corrected chi connectivity index (χ1v) is 5.36. The van der Waals surface area contributed by atoms with Gasteiger partial charge >= 0.3 is 5.97 Å². The van der Waals surface area contributed by atoms with Crippen molar-refractivity contribution in [3.05, 3.63) is 33.6 Å². The molecule has 16 heavy (non-hydrogen) atoms. The highest BCUT2D eigenvalue weighted by Crippen LogP contribution is 2.32. The fourth-order valence-corrected chi connectivity index (χ4v) is 1.95. The lowest BCUT2D eigenvalue weighted by atomic mass is 10.1. The summed E-state index contributed by atoms with van der Waals surface area (Å²) < 4.78 is 0.366. The van der Waals surface area contributed by atoms with Crippen LogP contribution in [-0.2, 0) is 0 Å². The van der Waals surface area contributed by atoms with Crippen molar-refractivity contribution in [2.75, 3.05) is 0 Å². The van der Waals surface area contributed by atoms with E-state index in [0.717, 1.165) is 0 Å². The monoisotopic (exact) mass is 301 g/mol. The van der Waals surface area contributed by atoms with Crippen molar-refractivity contribution in [3.63, 3.8) is 0 Å². The van der Waals surface area contributed by atoms with E-state index in [0.29, 0.717) is 20.9 Å². The molecule has 7 heteroatoms. The van der Waals surface area contributed by atoms with Crippen LogP contribution in [-0.4, -0.2) is 26.3 Å². The first kappa shape index (κ1) is 11.1. The maximum Gasteiger partial charge on any atom is 0.354 e. The number of aromatic nitrogens is 3. The topological polar surface area (TPSA) is 78.9 Å². The summed E-state index contributed by atoms with van der Waals surface area (Å²) in [5, 5.41) is 15.5. The molecule has 0 saturated heterocycles. The van der Waals surface area contributed by atoms with E-state index in [1.165, 1.54) is 6.20 Å². The van der Waals surface area contributed by atoms with Gasteiger partial charge in [0.05, 0.1) is 16.3 Å². The van der Waals surface area contributed by atoms with E-state index in [1.807, 2.05) is 0 Å². The zero-order chi connectivity index (χ0) is 11.7. The van der Waals surface area contributed by atoms with Crippen molar-refractivity contribution in [1.82, 2.24) is 15.2 Å². The molecule has 5 nitrogen and oxygen atoms in total. The molecular formula is C9H5BrClN3O2. The number of halogens is 2. The summed E-state index contributed by atoms with van der Waals surface area (Å²) in [5.41, 5.74) is 0.674. The van der Waals surface area contributed by atoms with Gasteiger partial charge in [-0.3, -0.25) is 10.1 Å². The fraction of sp³-hybridized carbons (Fsp3) is 0. The molecule has 2 aromatic heterocycles. The van der Waals surface area contributed by atoms with Gasteiger partial charge in [0.15, 0.2) is 5.69 Å². The Hall–Kier alpha value is -1.40. The minimum Gasteiger partial charge on any atom is -0.477 e. The SMILES string of the molecule is O=C(O)c1[nH]nc(Br)c1-c1ncccc1Cl. The molecule has 0 unspecified atom stereocenters. The summed E-state index contributed by atoms with van der Waals surface area (Å²) >= 11 is 9.10. The molecule has 0 radical (unpaired) electrons. The number of H-pyrrole nitrogens is 1. The second-order valence-corrected chi connectivity index (χ2v) is 4.06. The molecule has 0 bridgehead atoms. The smallest absolute Gasteiger partial charge is 0.354 e. The van der Waals surface area contributed by atoms with Gasteiger partial charge in [-0.25, -0.2) is 4.79 Å². The number of aromatic amines is 1. The Bertz CT molecular complexity index is 555. The maximum atomic E-state index is 11.0. The third-order valence-electron chi connectivity index (χ3n) is 1.93. The Kier molecular flexibility index (Phi) is 2.93. The minimum atomic E-state index is -1.12. The van der Waals surface area contributed by atoms with Crippen LogP contribution in [0, 0.1) is 0 Å². The van der Waals surface area contributed by atoms with E-state index in [-0.39, 0.29) is 5.69 Å². The van der Waals surface area contributed by atoms with Gasteiger partial charge in [-0.15, -0.1) is 0 Å². The van der Waals surface area contributed by atoms with Crippen LogP contribution in [0.4, 0.5) is 0 Å². The van der Waals surface area contributed by atoms with Crippen LogP contribution < -0.4 is 0 Å². The Morgan fingerprint density at radius 2 is 2.31 bits per heavy atom. The molecule has 2 aromatic rings. The molecular weight excluding hydrogens is 297 g/mol. The van der Waals surface area contributed by atoms with Crippen molar-refractivity contribution in [2.24, 2.45) is 0 Å². The molecule has 2 N–H and O–H groups in total. The van der Waals surface area contributed by atoms with Gasteiger partial charge in [-0.1, -0.05) is 11.6 Å². The molecule has 0 saturated carbocycles. The molecule has 0 aliphatic carbocycles. The van der Waals surface area contributed by atoms with E-state index < -0.39 is 5.97 Å². The number of rotatable bonds is 2. The summed E-state index contributed by atoms with van der Waals surface area (Å²) in [6, 6.07) is 3.30. The normalized spacial score (nSPS) is 10.4. The number of nitrogens with one attached hydrogen (secondary N) is 1. The minimum absolute atomic E-state index is 0.0486. The molecule has 0 spiro atoms. The van der Waals surface area contributed by atoms with Gasteiger partial charge in [0.25, 0.3) is 0 Å². The van der Waals surface area contributed by atoms with Gasteiger partial charge in [0.1, 0.15) is 4.60 Å². The number of hydrogen-bond acceptors (Lipinski definition) is 3. The zero-order valence-corrected chi connectivity index (χ0v) is 10.1. The van der Waals surface area contributed by atoms with Crippen LogP contribution in [0.2, 0.25) is 5.02 Å². The number of pyridine rings is 1. The molecule has 2 heterocycles. The van der Waals surface area contributed by atoms with Crippen LogP contribution in [0.3, 0.4) is 0 Å². The molecule has 0 aliphatic heterocycles. The van der Waals surface area contributed by atoms with Crippen molar-refractivity contribution >= 4 is 33.5 Å². The molecule has 0 aromatic carbocycles. The van der Waals surface area contributed by atoms with Crippen LogP contribution in [0.15, 0.2) is 22.9 Å². The number of carboxylic acids is 1. The van der Waals surface area contributed by atoms with Gasteiger partial charge in [0, 0.05) is 6.20 Å². The Morgan fingerprint density at radius 1 is 1.56 bits per heavy atom. The third-order valence-corrected chi connectivity index (χ3v) is 2.81. The Labute approximate surface area is 104 Å². The van der Waals surface area contributed by atoms with Crippen LogP contribution >= 0.6 is 27.5 Å². The average molecular weight is 303 g/mol. The molecule has 0 aliphatic rings. The Morgan fingerprint density at radius 3 is 2.94 bits per heavy atom. The number of nitrogens with zero attached hydrogens (tertiary/aromatic N) is 2. The maximum absolute atomic E-state index is 11.0. The highest BCUT2D eigenvalue weighted by atomic mass is 79.9. The van der Waals surface area contributed by atoms with Crippen LogP contribution in [0.5, 0.6) is 0 Å². The number of hydrogen-bond donors (Lipinski definition) is 2. The van der Waals surface area contributed by atoms with E-state index in [4.69, 9.17) is 16.7 Å². The van der Waals surface area contributed by atoms with E-state index in [2.05, 4.69) is 31.1 Å². The van der Waals surface area contributed by atoms with Crippen LogP contribution in [0.1, 0.15) is 10.5 Å². The fourth-order valence-electron chi connectivity index (χ4n) is 1.26. The van der Waals surface area contributed by atoms with Crippen molar-refractivity contribution in [3.8, 4) is 11.3 Å². The largest absolute Gasteiger partial charge is 0.477 e. The molecule has 0 fully saturated rings. The zero-order valence-electron chi connectivity index (χ0n) is 7.74. The highest BCUT2D eigenvalue weighted by Gasteiger charge is 2.21. The van der Waals surface area contributed by atoms with Crippen molar-refractivity contribution in [2.45, 2.75) is 0 Å². The van der Waals surface area contributed by atoms with Gasteiger partial charge in [-0.2, -0.15) is 5.10 Å². The summed E-state index contributed by atoms with van der Waals surface area (Å²) in [4.78, 5) is 15.0. The number of aromatic carboxylic acids is 1. The third kappa shape index (κ3) is 1.81. The summed E-state index contributed by atoms with van der Waals surface area (Å²) in [7, 11) is 0. The second-order valence-electron chi connectivity index (χ2n) is 2.90. The second kappa shape index (κ2) is 4.23. The van der Waals surface area contributed by atoms with E-state index in [1.54, 1.807) is 12.1 Å². The quantitative estimate of drug-likeness (QED) is 0.893. The van der Waals surface area contributed by atoms with E-state index in [9.17, 15) is 4.79 Å².